The number of hydrogen-bond acceptors (Lipinski definition) is 4. The van der Waals surface area contributed by atoms with E-state index in [1.54, 1.807) is 0 Å². The van der Waals surface area contributed by atoms with Gasteiger partial charge in [-0.1, -0.05) is 0 Å². The number of hydrogen-bond donors (Lipinski definition) is 2. The smallest absolute Gasteiger partial charge is 0.191 e. The second kappa shape index (κ2) is 6.67. The van der Waals surface area contributed by atoms with Crippen molar-refractivity contribution in [2.24, 2.45) is 4.99 Å². The van der Waals surface area contributed by atoms with Gasteiger partial charge in [0.05, 0.1) is 6.54 Å². The fourth-order valence-electron chi connectivity index (χ4n) is 1.47. The Balaban J connectivity index is 1.93. The van der Waals surface area contributed by atoms with Gasteiger partial charge in [0, 0.05) is 19.1 Å². The maximum atomic E-state index is 4.28. The monoisotopic (exact) mass is 212 g/mol. The molecule has 1 rings (SSSR count). The molecule has 0 atom stereocenters. The van der Waals surface area contributed by atoms with Crippen molar-refractivity contribution in [1.82, 2.24) is 15.5 Å². The highest BCUT2D eigenvalue weighted by Gasteiger charge is 2.04. The fourth-order valence-corrected chi connectivity index (χ4v) is 1.47. The maximum Gasteiger partial charge on any atom is 0.191 e. The minimum absolute atomic E-state index is 0.652. The second-order valence-electron chi connectivity index (χ2n) is 4.37. The highest BCUT2D eigenvalue weighted by atomic mass is 15.2. The van der Waals surface area contributed by atoms with Gasteiger partial charge in [-0.05, 0) is 40.3 Å². The highest BCUT2D eigenvalue weighted by Crippen LogP contribution is 1.97. The lowest BCUT2D eigenvalue weighted by Crippen LogP contribution is -2.34. The van der Waals surface area contributed by atoms with Gasteiger partial charge in [0.1, 0.15) is 0 Å². The van der Waals surface area contributed by atoms with Crippen molar-refractivity contribution in [3.05, 3.63) is 0 Å². The van der Waals surface area contributed by atoms with Crippen molar-refractivity contribution in [2.45, 2.75) is 32.7 Å². The Kier molecular flexibility index (Phi) is 5.47. The first-order valence-corrected chi connectivity index (χ1v) is 5.92. The van der Waals surface area contributed by atoms with Gasteiger partial charge in [-0.2, -0.15) is 0 Å². The third-order valence-corrected chi connectivity index (χ3v) is 2.79. The Morgan fingerprint density at radius 2 is 2.27 bits per heavy atom. The van der Waals surface area contributed by atoms with Crippen LogP contribution in [0.1, 0.15) is 26.7 Å². The quantitative estimate of drug-likeness (QED) is 0.635. The molecule has 0 aliphatic carbocycles. The largest absolute Gasteiger partial charge is 0.356 e. The predicted octanol–water partition coefficient (Wildman–Crippen LogP) is 0.656. The van der Waals surface area contributed by atoms with E-state index >= 15 is 0 Å². The molecule has 15 heavy (non-hydrogen) atoms. The average Bonchev–Trinajstić information content (AvgIpc) is 2.69. The number of nitrogens with zero attached hydrogens (tertiary/aromatic N) is 2. The van der Waals surface area contributed by atoms with Crippen LogP contribution in [-0.4, -0.2) is 50.1 Å². The number of rotatable bonds is 6. The molecule has 0 spiro atoms. The van der Waals surface area contributed by atoms with Crippen LogP contribution in [0.5, 0.6) is 0 Å². The molecule has 0 aromatic carbocycles. The lowest BCUT2D eigenvalue weighted by atomic mass is 10.2. The van der Waals surface area contributed by atoms with Gasteiger partial charge in [0.25, 0.3) is 0 Å². The zero-order valence-corrected chi connectivity index (χ0v) is 10.2. The second-order valence-corrected chi connectivity index (χ2v) is 4.37. The lowest BCUT2D eigenvalue weighted by molar-refractivity contribution is 0.268. The Hall–Kier alpha value is -0.770. The third-order valence-electron chi connectivity index (χ3n) is 2.79. The molecule has 88 valence electrons. The molecule has 4 heteroatoms. The molecular formula is C11H24N4. The summed E-state index contributed by atoms with van der Waals surface area (Å²) in [5.74, 6) is 0.979. The third kappa shape index (κ3) is 5.02. The predicted molar refractivity (Wildman–Crippen MR) is 65.3 cm³/mol. The van der Waals surface area contributed by atoms with E-state index in [1.807, 2.05) is 0 Å². The summed E-state index contributed by atoms with van der Waals surface area (Å²) in [5.41, 5.74) is 0. The molecule has 1 aliphatic rings. The van der Waals surface area contributed by atoms with Gasteiger partial charge in [-0.15, -0.1) is 0 Å². The van der Waals surface area contributed by atoms with Crippen molar-refractivity contribution < 1.29 is 0 Å². The Morgan fingerprint density at radius 3 is 2.87 bits per heavy atom. The van der Waals surface area contributed by atoms with Gasteiger partial charge in [-0.25, -0.2) is 0 Å². The van der Waals surface area contributed by atoms with E-state index in [0.717, 1.165) is 25.6 Å². The minimum atomic E-state index is 0.652. The first-order valence-electron chi connectivity index (χ1n) is 5.92. The summed E-state index contributed by atoms with van der Waals surface area (Å²) < 4.78 is 0. The summed E-state index contributed by atoms with van der Waals surface area (Å²) in [7, 11) is 2.18. The summed E-state index contributed by atoms with van der Waals surface area (Å²) in [4.78, 5) is 6.66. The molecular weight excluding hydrogens is 188 g/mol. The molecule has 0 fully saturated rings. The first-order chi connectivity index (χ1) is 7.20. The molecule has 0 saturated heterocycles. The van der Waals surface area contributed by atoms with E-state index in [4.69, 9.17) is 0 Å². The van der Waals surface area contributed by atoms with E-state index < -0.39 is 0 Å². The van der Waals surface area contributed by atoms with Crippen LogP contribution in [0.2, 0.25) is 0 Å². The summed E-state index contributed by atoms with van der Waals surface area (Å²) in [5, 5.41) is 6.51. The standard InChI is InChI=1S/C11H24N4/c1-10(2)15(3)9-5-4-6-12-11-13-7-8-14-11/h10H,4-9H2,1-3H3,(H2,12,13,14). The van der Waals surface area contributed by atoms with Crippen LogP contribution in [0, 0.1) is 0 Å². The number of aliphatic imine (C=N–C) groups is 1. The summed E-state index contributed by atoms with van der Waals surface area (Å²) in [6.45, 7) is 8.57. The van der Waals surface area contributed by atoms with Crippen molar-refractivity contribution in [3.63, 3.8) is 0 Å². The highest BCUT2D eigenvalue weighted by molar-refractivity contribution is 5.81. The van der Waals surface area contributed by atoms with Crippen LogP contribution in [0.4, 0.5) is 0 Å². The van der Waals surface area contributed by atoms with Gasteiger partial charge in [0.2, 0.25) is 0 Å². The van der Waals surface area contributed by atoms with E-state index in [0.29, 0.717) is 6.04 Å². The zero-order chi connectivity index (χ0) is 11.1. The summed E-state index contributed by atoms with van der Waals surface area (Å²) in [6, 6.07) is 0.652. The van der Waals surface area contributed by atoms with Gasteiger partial charge < -0.3 is 15.5 Å². The van der Waals surface area contributed by atoms with Crippen molar-refractivity contribution in [3.8, 4) is 0 Å². The molecule has 0 saturated carbocycles. The molecule has 0 aromatic rings. The number of guanidine groups is 1. The Labute approximate surface area is 93.1 Å². The van der Waals surface area contributed by atoms with E-state index in [-0.39, 0.29) is 0 Å². The Bertz CT molecular complexity index is 201. The average molecular weight is 212 g/mol. The lowest BCUT2D eigenvalue weighted by Gasteiger charge is -2.20. The zero-order valence-electron chi connectivity index (χ0n) is 10.2. The minimum Gasteiger partial charge on any atom is -0.356 e. The van der Waals surface area contributed by atoms with Gasteiger partial charge in [0.15, 0.2) is 5.96 Å². The normalized spacial score (nSPS) is 15.7. The number of nitrogens with one attached hydrogen (secondary N) is 2. The SMILES string of the molecule is CC(C)N(C)CCCCNC1=NCCN1. The summed E-state index contributed by atoms with van der Waals surface area (Å²) in [6.07, 6.45) is 2.45. The van der Waals surface area contributed by atoms with Crippen LogP contribution >= 0.6 is 0 Å². The van der Waals surface area contributed by atoms with Crippen LogP contribution in [0.3, 0.4) is 0 Å². The van der Waals surface area contributed by atoms with E-state index in [2.05, 4.69) is 41.4 Å². The van der Waals surface area contributed by atoms with Gasteiger partial charge in [-0.3, -0.25) is 4.99 Å². The molecule has 0 bridgehead atoms. The fraction of sp³-hybridized carbons (Fsp3) is 0.909. The first kappa shape index (κ1) is 12.3. The molecule has 4 nitrogen and oxygen atoms in total. The topological polar surface area (TPSA) is 39.7 Å². The van der Waals surface area contributed by atoms with E-state index in [1.165, 1.54) is 19.4 Å². The van der Waals surface area contributed by atoms with Crippen molar-refractivity contribution >= 4 is 5.96 Å². The van der Waals surface area contributed by atoms with Crippen molar-refractivity contribution in [2.75, 3.05) is 33.2 Å². The van der Waals surface area contributed by atoms with Crippen LogP contribution in [0.25, 0.3) is 0 Å². The maximum absolute atomic E-state index is 4.28. The molecule has 1 aliphatic heterocycles. The number of unbranched alkanes of at least 4 members (excludes halogenated alkanes) is 1. The molecule has 0 aromatic heterocycles. The Morgan fingerprint density at radius 1 is 1.47 bits per heavy atom. The summed E-state index contributed by atoms with van der Waals surface area (Å²) >= 11 is 0. The molecule has 0 amide bonds. The molecule has 1 heterocycles. The molecule has 0 radical (unpaired) electrons. The van der Waals surface area contributed by atoms with Crippen LogP contribution < -0.4 is 10.6 Å². The van der Waals surface area contributed by atoms with E-state index in [9.17, 15) is 0 Å². The van der Waals surface area contributed by atoms with Crippen LogP contribution in [-0.2, 0) is 0 Å². The van der Waals surface area contributed by atoms with Gasteiger partial charge >= 0.3 is 0 Å². The molecule has 2 N–H and O–H groups in total. The van der Waals surface area contributed by atoms with Crippen molar-refractivity contribution in [1.29, 1.82) is 0 Å². The molecule has 0 unspecified atom stereocenters. The van der Waals surface area contributed by atoms with Crippen LogP contribution in [0.15, 0.2) is 4.99 Å².